The van der Waals surface area contributed by atoms with Crippen LogP contribution in [-0.4, -0.2) is 40.0 Å². The van der Waals surface area contributed by atoms with Crippen LogP contribution in [0.3, 0.4) is 0 Å². The van der Waals surface area contributed by atoms with Crippen molar-refractivity contribution < 1.29 is 14.7 Å². The van der Waals surface area contributed by atoms with E-state index in [2.05, 4.69) is 4.98 Å². The van der Waals surface area contributed by atoms with Crippen LogP contribution >= 0.6 is 22.7 Å². The number of hydrogen-bond donors (Lipinski definition) is 1. The summed E-state index contributed by atoms with van der Waals surface area (Å²) in [6, 6.07) is 3.07. The van der Waals surface area contributed by atoms with E-state index in [4.69, 9.17) is 5.11 Å². The van der Waals surface area contributed by atoms with Crippen molar-refractivity contribution in [3.63, 3.8) is 0 Å². The molecule has 1 N–H and O–H groups in total. The summed E-state index contributed by atoms with van der Waals surface area (Å²) in [5, 5.41) is 13.8. The third kappa shape index (κ3) is 3.05. The molecule has 0 saturated carbocycles. The highest BCUT2D eigenvalue weighted by molar-refractivity contribution is 7.20. The molecule has 0 aliphatic rings. The molecule has 0 aromatic carbocycles. The molecule has 0 aliphatic heterocycles. The highest BCUT2D eigenvalue weighted by atomic mass is 32.1. The summed E-state index contributed by atoms with van der Waals surface area (Å²) in [5.74, 6) is -1.28. The maximum Gasteiger partial charge on any atom is 0.326 e. The van der Waals surface area contributed by atoms with Gasteiger partial charge in [-0.05, 0) is 32.2 Å². The predicted molar refractivity (Wildman–Crippen MR) is 88.3 cm³/mol. The summed E-state index contributed by atoms with van der Waals surface area (Å²) >= 11 is 3.09. The maximum absolute atomic E-state index is 12.6. The standard InChI is InChI=1S/C15H18N2O3S2/c1-9(13(18)19)17(4)14(20)15(2,3)11-8-22-12(16-11)10-6-5-7-21-10/h5-9H,1-4H3,(H,18,19). The van der Waals surface area contributed by atoms with Crippen LogP contribution in [0.4, 0.5) is 0 Å². The maximum atomic E-state index is 12.6. The Morgan fingerprint density at radius 3 is 2.59 bits per heavy atom. The number of aliphatic carboxylic acids is 1. The van der Waals surface area contributed by atoms with Gasteiger partial charge in [0.15, 0.2) is 0 Å². The quantitative estimate of drug-likeness (QED) is 0.909. The zero-order valence-electron chi connectivity index (χ0n) is 12.9. The number of carboxylic acid groups (broad SMARTS) is 1. The molecule has 22 heavy (non-hydrogen) atoms. The fraction of sp³-hybridized carbons (Fsp3) is 0.400. The number of amides is 1. The zero-order chi connectivity index (χ0) is 16.5. The molecule has 1 atom stereocenters. The molecule has 2 heterocycles. The van der Waals surface area contributed by atoms with E-state index in [9.17, 15) is 9.59 Å². The lowest BCUT2D eigenvalue weighted by molar-refractivity contribution is -0.150. The van der Waals surface area contributed by atoms with E-state index in [1.165, 1.54) is 30.2 Å². The fourth-order valence-corrected chi connectivity index (χ4v) is 3.77. The van der Waals surface area contributed by atoms with Crippen molar-refractivity contribution >= 4 is 34.6 Å². The predicted octanol–water partition coefficient (Wildman–Crippen LogP) is 3.08. The summed E-state index contributed by atoms with van der Waals surface area (Å²) in [7, 11) is 1.51. The number of carbonyl (C=O) groups excluding carboxylic acids is 1. The molecule has 0 spiro atoms. The lowest BCUT2D eigenvalue weighted by Gasteiger charge is -2.30. The number of thiophene rings is 1. The molecule has 0 bridgehead atoms. The first-order valence-corrected chi connectivity index (χ1v) is 8.51. The van der Waals surface area contributed by atoms with E-state index in [1.807, 2.05) is 22.9 Å². The van der Waals surface area contributed by atoms with Gasteiger partial charge in [-0.15, -0.1) is 22.7 Å². The molecule has 0 saturated heterocycles. The zero-order valence-corrected chi connectivity index (χ0v) is 14.5. The lowest BCUT2D eigenvalue weighted by Crippen LogP contribution is -2.48. The number of thiazole rings is 1. The highest BCUT2D eigenvalue weighted by Crippen LogP contribution is 2.33. The summed E-state index contributed by atoms with van der Waals surface area (Å²) in [6.45, 7) is 5.04. The minimum absolute atomic E-state index is 0.259. The van der Waals surface area contributed by atoms with Crippen LogP contribution in [0.25, 0.3) is 9.88 Å². The second kappa shape index (κ2) is 6.18. The third-order valence-corrected chi connectivity index (χ3v) is 5.55. The Labute approximate surface area is 137 Å². The normalized spacial score (nSPS) is 12.9. The number of nitrogens with zero attached hydrogens (tertiary/aromatic N) is 2. The number of likely N-dealkylation sites (N-methyl/N-ethyl adjacent to an activating group) is 1. The monoisotopic (exact) mass is 338 g/mol. The summed E-state index contributed by atoms with van der Waals surface area (Å²) in [5.41, 5.74) is -0.208. The van der Waals surface area contributed by atoms with Crippen LogP contribution in [0, 0.1) is 0 Å². The number of carbonyl (C=O) groups is 2. The van der Waals surface area contributed by atoms with Crippen LogP contribution in [0.1, 0.15) is 26.5 Å². The van der Waals surface area contributed by atoms with Crippen molar-refractivity contribution in [3.8, 4) is 9.88 Å². The Hall–Kier alpha value is -1.73. The Bertz CT molecular complexity index is 677. The highest BCUT2D eigenvalue weighted by Gasteiger charge is 2.37. The van der Waals surface area contributed by atoms with Crippen molar-refractivity contribution in [2.75, 3.05) is 7.05 Å². The van der Waals surface area contributed by atoms with Crippen molar-refractivity contribution in [2.45, 2.75) is 32.2 Å². The average Bonchev–Trinajstić information content (AvgIpc) is 3.14. The van der Waals surface area contributed by atoms with Gasteiger partial charge in [-0.2, -0.15) is 0 Å². The largest absolute Gasteiger partial charge is 0.480 e. The average molecular weight is 338 g/mol. The smallest absolute Gasteiger partial charge is 0.326 e. The first-order valence-electron chi connectivity index (χ1n) is 6.75. The first kappa shape index (κ1) is 16.6. The Balaban J connectivity index is 2.26. The number of aromatic nitrogens is 1. The topological polar surface area (TPSA) is 70.5 Å². The van der Waals surface area contributed by atoms with Crippen molar-refractivity contribution in [1.29, 1.82) is 0 Å². The van der Waals surface area contributed by atoms with E-state index in [0.29, 0.717) is 5.69 Å². The van der Waals surface area contributed by atoms with E-state index in [1.54, 1.807) is 25.2 Å². The summed E-state index contributed by atoms with van der Waals surface area (Å²) in [4.78, 5) is 30.6. The number of hydrogen-bond acceptors (Lipinski definition) is 5. The van der Waals surface area contributed by atoms with Gasteiger partial charge in [0.1, 0.15) is 11.0 Å². The molecule has 0 fully saturated rings. The van der Waals surface area contributed by atoms with Crippen LogP contribution in [0.2, 0.25) is 0 Å². The van der Waals surface area contributed by atoms with Gasteiger partial charge in [-0.1, -0.05) is 6.07 Å². The van der Waals surface area contributed by atoms with E-state index >= 15 is 0 Å². The van der Waals surface area contributed by atoms with Gasteiger partial charge in [0.05, 0.1) is 16.0 Å². The second-order valence-corrected chi connectivity index (χ2v) is 7.38. The van der Waals surface area contributed by atoms with Crippen LogP contribution < -0.4 is 0 Å². The van der Waals surface area contributed by atoms with Gasteiger partial charge in [0.2, 0.25) is 5.91 Å². The van der Waals surface area contributed by atoms with Crippen LogP contribution in [-0.2, 0) is 15.0 Å². The van der Waals surface area contributed by atoms with Gasteiger partial charge in [-0.3, -0.25) is 4.79 Å². The van der Waals surface area contributed by atoms with Gasteiger partial charge in [0, 0.05) is 12.4 Å². The molecule has 7 heteroatoms. The van der Waals surface area contributed by atoms with Crippen LogP contribution in [0.15, 0.2) is 22.9 Å². The molecule has 2 aromatic rings. The molecule has 0 aliphatic carbocycles. The van der Waals surface area contributed by atoms with Gasteiger partial charge in [0.25, 0.3) is 0 Å². The second-order valence-electron chi connectivity index (χ2n) is 5.57. The van der Waals surface area contributed by atoms with E-state index < -0.39 is 17.4 Å². The molecule has 1 amide bonds. The minimum Gasteiger partial charge on any atom is -0.480 e. The van der Waals surface area contributed by atoms with E-state index in [-0.39, 0.29) is 5.91 Å². The number of rotatable bonds is 5. The van der Waals surface area contributed by atoms with Crippen LogP contribution in [0.5, 0.6) is 0 Å². The Kier molecular flexibility index (Phi) is 4.67. The lowest BCUT2D eigenvalue weighted by atomic mass is 9.88. The fourth-order valence-electron chi connectivity index (χ4n) is 1.97. The van der Waals surface area contributed by atoms with Crippen molar-refractivity contribution in [2.24, 2.45) is 0 Å². The van der Waals surface area contributed by atoms with Crippen molar-refractivity contribution in [3.05, 3.63) is 28.6 Å². The number of carboxylic acids is 1. The summed E-state index contributed by atoms with van der Waals surface area (Å²) < 4.78 is 0. The third-order valence-electron chi connectivity index (χ3n) is 3.67. The van der Waals surface area contributed by atoms with Gasteiger partial charge >= 0.3 is 5.97 Å². The molecule has 2 rings (SSSR count). The van der Waals surface area contributed by atoms with E-state index in [0.717, 1.165) is 9.88 Å². The molecular weight excluding hydrogens is 320 g/mol. The molecular formula is C15H18N2O3S2. The van der Waals surface area contributed by atoms with Gasteiger partial charge in [-0.25, -0.2) is 9.78 Å². The Morgan fingerprint density at radius 2 is 2.05 bits per heavy atom. The van der Waals surface area contributed by atoms with Gasteiger partial charge < -0.3 is 10.0 Å². The first-order chi connectivity index (χ1) is 10.2. The molecule has 2 aromatic heterocycles. The molecule has 1 unspecified atom stereocenters. The Morgan fingerprint density at radius 1 is 1.36 bits per heavy atom. The molecule has 0 radical (unpaired) electrons. The molecule has 5 nitrogen and oxygen atoms in total. The SMILES string of the molecule is CC(C(=O)O)N(C)C(=O)C(C)(C)c1csc(-c2cccs2)n1. The summed E-state index contributed by atoms with van der Waals surface area (Å²) in [6.07, 6.45) is 0. The minimum atomic E-state index is -1.02. The van der Waals surface area contributed by atoms with Crippen molar-refractivity contribution in [1.82, 2.24) is 9.88 Å². The molecule has 118 valence electrons.